The summed E-state index contributed by atoms with van der Waals surface area (Å²) < 4.78 is 32.9. The van der Waals surface area contributed by atoms with Gasteiger partial charge in [0.2, 0.25) is 5.91 Å². The number of piperidine rings is 1. The molecule has 26 heavy (non-hydrogen) atoms. The quantitative estimate of drug-likeness (QED) is 0.839. The predicted octanol–water partition coefficient (Wildman–Crippen LogP) is 3.67. The van der Waals surface area contributed by atoms with Gasteiger partial charge in [-0.15, -0.1) is 0 Å². The van der Waals surface area contributed by atoms with Crippen molar-refractivity contribution in [1.29, 1.82) is 0 Å². The molecule has 1 aliphatic heterocycles. The number of rotatable bonds is 5. The van der Waals surface area contributed by atoms with Crippen LogP contribution in [0.1, 0.15) is 19.3 Å². The molecule has 2 aromatic rings. The third kappa shape index (κ3) is 3.94. The summed E-state index contributed by atoms with van der Waals surface area (Å²) in [6.45, 7) is 0.684. The number of hydrogen-bond donors (Lipinski definition) is 1. The molecule has 3 rings (SSSR count). The van der Waals surface area contributed by atoms with E-state index in [1.165, 1.54) is 19.2 Å². The van der Waals surface area contributed by atoms with Crippen molar-refractivity contribution in [2.24, 2.45) is 0 Å². The molecular formula is C18H19ClN2O4S. The normalized spacial score (nSPS) is 15.0. The zero-order valence-corrected chi connectivity index (χ0v) is 15.8. The number of anilines is 2. The number of carbonyl (C=O) groups excluding carboxylic acids is 1. The maximum absolute atomic E-state index is 12.7. The van der Waals surface area contributed by atoms with E-state index in [9.17, 15) is 13.2 Å². The Hall–Kier alpha value is -2.25. The second kappa shape index (κ2) is 7.55. The first-order chi connectivity index (χ1) is 12.4. The number of halogens is 1. The van der Waals surface area contributed by atoms with Gasteiger partial charge in [-0.3, -0.25) is 9.52 Å². The topological polar surface area (TPSA) is 75.7 Å². The van der Waals surface area contributed by atoms with Gasteiger partial charge in [0.15, 0.2) is 0 Å². The molecule has 1 N–H and O–H groups in total. The van der Waals surface area contributed by atoms with Crippen LogP contribution in [0.25, 0.3) is 0 Å². The highest BCUT2D eigenvalue weighted by atomic mass is 35.5. The smallest absolute Gasteiger partial charge is 0.265 e. The van der Waals surface area contributed by atoms with Crippen molar-refractivity contribution in [1.82, 2.24) is 0 Å². The van der Waals surface area contributed by atoms with Gasteiger partial charge in [-0.25, -0.2) is 8.42 Å². The SMILES string of the molecule is COc1ccc(Cl)cc1S(=O)(=O)Nc1ccc(N2CCCCC2=O)cc1. The van der Waals surface area contributed by atoms with Crippen LogP contribution in [0.3, 0.4) is 0 Å². The highest BCUT2D eigenvalue weighted by Crippen LogP contribution is 2.29. The highest BCUT2D eigenvalue weighted by molar-refractivity contribution is 7.92. The molecule has 0 saturated carbocycles. The molecule has 2 aromatic carbocycles. The molecule has 0 unspecified atom stereocenters. The van der Waals surface area contributed by atoms with E-state index in [-0.39, 0.29) is 16.6 Å². The van der Waals surface area contributed by atoms with E-state index in [1.54, 1.807) is 35.2 Å². The Kier molecular flexibility index (Phi) is 5.38. The highest BCUT2D eigenvalue weighted by Gasteiger charge is 2.22. The van der Waals surface area contributed by atoms with Crippen molar-refractivity contribution in [2.75, 3.05) is 23.3 Å². The zero-order valence-electron chi connectivity index (χ0n) is 14.2. The van der Waals surface area contributed by atoms with Crippen molar-refractivity contribution in [3.05, 3.63) is 47.5 Å². The third-order valence-corrected chi connectivity index (χ3v) is 5.81. The Morgan fingerprint density at radius 1 is 1.12 bits per heavy atom. The number of amides is 1. The summed E-state index contributed by atoms with van der Waals surface area (Å²) in [4.78, 5) is 13.7. The first-order valence-electron chi connectivity index (χ1n) is 8.17. The molecule has 1 fully saturated rings. The molecule has 0 radical (unpaired) electrons. The van der Waals surface area contributed by atoms with Crippen molar-refractivity contribution in [2.45, 2.75) is 24.2 Å². The summed E-state index contributed by atoms with van der Waals surface area (Å²) in [6, 6.07) is 11.1. The van der Waals surface area contributed by atoms with Crippen LogP contribution < -0.4 is 14.4 Å². The largest absolute Gasteiger partial charge is 0.495 e. The van der Waals surface area contributed by atoms with Crippen molar-refractivity contribution in [3.8, 4) is 5.75 Å². The van der Waals surface area contributed by atoms with Gasteiger partial charge < -0.3 is 9.64 Å². The lowest BCUT2D eigenvalue weighted by atomic mass is 10.1. The second-order valence-corrected chi connectivity index (χ2v) is 8.04. The molecule has 0 aliphatic carbocycles. The number of benzene rings is 2. The Morgan fingerprint density at radius 2 is 1.85 bits per heavy atom. The van der Waals surface area contributed by atoms with E-state index in [1.807, 2.05) is 0 Å². The summed E-state index contributed by atoms with van der Waals surface area (Å²) in [5.74, 6) is 0.297. The molecule has 0 atom stereocenters. The number of sulfonamides is 1. The van der Waals surface area contributed by atoms with E-state index < -0.39 is 10.0 Å². The molecule has 0 spiro atoms. The van der Waals surface area contributed by atoms with Crippen molar-refractivity contribution >= 4 is 38.9 Å². The first-order valence-corrected chi connectivity index (χ1v) is 10.0. The molecule has 1 amide bonds. The van der Waals surface area contributed by atoms with Crippen LogP contribution in [0.2, 0.25) is 5.02 Å². The van der Waals surface area contributed by atoms with E-state index in [4.69, 9.17) is 16.3 Å². The second-order valence-electron chi connectivity index (χ2n) is 5.95. The standard InChI is InChI=1S/C18H19ClN2O4S/c1-25-16-10-5-13(19)12-17(16)26(23,24)20-14-6-8-15(9-7-14)21-11-3-2-4-18(21)22/h5-10,12,20H,2-4,11H2,1H3. The maximum atomic E-state index is 12.7. The minimum atomic E-state index is -3.87. The van der Waals surface area contributed by atoms with Crippen LogP contribution in [0, 0.1) is 0 Å². The van der Waals surface area contributed by atoms with Gasteiger partial charge >= 0.3 is 0 Å². The van der Waals surface area contributed by atoms with Crippen LogP contribution in [-0.4, -0.2) is 28.0 Å². The minimum Gasteiger partial charge on any atom is -0.495 e. The average Bonchev–Trinajstić information content (AvgIpc) is 2.63. The number of ether oxygens (including phenoxy) is 1. The molecular weight excluding hydrogens is 376 g/mol. The van der Waals surface area contributed by atoms with E-state index in [2.05, 4.69) is 4.72 Å². The molecule has 138 valence electrons. The van der Waals surface area contributed by atoms with E-state index >= 15 is 0 Å². The van der Waals surface area contributed by atoms with Crippen LogP contribution in [-0.2, 0) is 14.8 Å². The molecule has 1 heterocycles. The Morgan fingerprint density at radius 3 is 2.50 bits per heavy atom. The number of nitrogens with one attached hydrogen (secondary N) is 1. The van der Waals surface area contributed by atoms with Gasteiger partial charge in [-0.05, 0) is 55.3 Å². The van der Waals surface area contributed by atoms with Gasteiger partial charge in [0, 0.05) is 29.4 Å². The van der Waals surface area contributed by atoms with Gasteiger partial charge in [-0.1, -0.05) is 11.6 Å². The Balaban J connectivity index is 1.82. The lowest BCUT2D eigenvalue weighted by Crippen LogP contribution is -2.35. The maximum Gasteiger partial charge on any atom is 0.265 e. The summed E-state index contributed by atoms with van der Waals surface area (Å²) in [5.41, 5.74) is 1.15. The zero-order chi connectivity index (χ0) is 18.7. The lowest BCUT2D eigenvalue weighted by Gasteiger charge is -2.26. The first kappa shape index (κ1) is 18.5. The van der Waals surface area contributed by atoms with Crippen LogP contribution in [0.15, 0.2) is 47.4 Å². The molecule has 6 nitrogen and oxygen atoms in total. The Bertz CT molecular complexity index is 913. The van der Waals surface area contributed by atoms with Gasteiger partial charge in [-0.2, -0.15) is 0 Å². The van der Waals surface area contributed by atoms with Crippen LogP contribution >= 0.6 is 11.6 Å². The van der Waals surface area contributed by atoms with Crippen LogP contribution in [0.4, 0.5) is 11.4 Å². The average molecular weight is 395 g/mol. The molecule has 1 saturated heterocycles. The number of hydrogen-bond acceptors (Lipinski definition) is 4. The molecule has 0 bridgehead atoms. The molecule has 8 heteroatoms. The molecule has 1 aliphatic rings. The predicted molar refractivity (Wildman–Crippen MR) is 101 cm³/mol. The number of methoxy groups -OCH3 is 1. The fourth-order valence-electron chi connectivity index (χ4n) is 2.86. The van der Waals surface area contributed by atoms with Crippen LogP contribution in [0.5, 0.6) is 5.75 Å². The monoisotopic (exact) mass is 394 g/mol. The van der Waals surface area contributed by atoms with Gasteiger partial charge in [0.1, 0.15) is 10.6 Å². The summed E-state index contributed by atoms with van der Waals surface area (Å²) in [7, 11) is -2.47. The summed E-state index contributed by atoms with van der Waals surface area (Å²) in [5, 5.41) is 0.296. The molecule has 0 aromatic heterocycles. The number of nitrogens with zero attached hydrogens (tertiary/aromatic N) is 1. The third-order valence-electron chi connectivity index (χ3n) is 4.17. The van der Waals surface area contributed by atoms with Gasteiger partial charge in [0.25, 0.3) is 10.0 Å². The van der Waals surface area contributed by atoms with Crippen molar-refractivity contribution in [3.63, 3.8) is 0 Å². The van der Waals surface area contributed by atoms with Gasteiger partial charge in [0.05, 0.1) is 7.11 Å². The fourth-order valence-corrected chi connectivity index (χ4v) is 4.35. The lowest BCUT2D eigenvalue weighted by molar-refractivity contribution is -0.119. The minimum absolute atomic E-state index is 0.0391. The van der Waals surface area contributed by atoms with Crippen molar-refractivity contribution < 1.29 is 17.9 Å². The van der Waals surface area contributed by atoms with E-state index in [0.717, 1.165) is 18.5 Å². The number of carbonyl (C=O) groups is 1. The van der Waals surface area contributed by atoms with E-state index in [0.29, 0.717) is 23.7 Å². The summed E-state index contributed by atoms with van der Waals surface area (Å²) >= 11 is 5.92. The summed E-state index contributed by atoms with van der Waals surface area (Å²) in [6.07, 6.45) is 2.42. The Labute approximate surface area is 157 Å². The fraction of sp³-hybridized carbons (Fsp3) is 0.278.